The average molecular weight is 639 g/mol. The zero-order valence-corrected chi connectivity index (χ0v) is 25.9. The number of nitrogens with two attached hydrogens (primary N) is 1. The third-order valence-electron chi connectivity index (χ3n) is 7.49. The third kappa shape index (κ3) is 7.17. The molecule has 0 aliphatic carbocycles. The van der Waals surface area contributed by atoms with Crippen molar-refractivity contribution in [2.24, 2.45) is 11.7 Å². The number of carboxylic acids is 1. The minimum atomic E-state index is -3.90. The predicted molar refractivity (Wildman–Crippen MR) is 165 cm³/mol. The largest absolute Gasteiger partial charge is 0.493 e. The Balaban J connectivity index is 1.89. The van der Waals surface area contributed by atoms with Crippen LogP contribution in [0.15, 0.2) is 65.6 Å². The molecule has 0 radical (unpaired) electrons. The Labute approximate surface area is 260 Å². The molecule has 4 rings (SSSR count). The molecule has 1 saturated heterocycles. The van der Waals surface area contributed by atoms with Crippen LogP contribution < -0.4 is 25.8 Å². The number of nitrogens with zero attached hydrogens (tertiary/aromatic N) is 1. The van der Waals surface area contributed by atoms with Gasteiger partial charge in [-0.05, 0) is 66.1 Å². The second kappa shape index (κ2) is 13.3. The molecule has 13 nitrogen and oxygen atoms in total. The van der Waals surface area contributed by atoms with E-state index in [-0.39, 0.29) is 34.7 Å². The Morgan fingerprint density at radius 2 is 1.69 bits per heavy atom. The lowest BCUT2D eigenvalue weighted by atomic mass is 9.92. The minimum Gasteiger partial charge on any atom is -0.493 e. The molecule has 1 aliphatic rings. The lowest BCUT2D eigenvalue weighted by Crippen LogP contribution is -2.40. The van der Waals surface area contributed by atoms with Crippen molar-refractivity contribution in [1.82, 2.24) is 4.90 Å². The summed E-state index contributed by atoms with van der Waals surface area (Å²) >= 11 is 0. The zero-order chi connectivity index (χ0) is 33.1. The first kappa shape index (κ1) is 32.8. The topological polar surface area (TPSA) is 194 Å². The molecule has 3 aromatic rings. The van der Waals surface area contributed by atoms with Gasteiger partial charge in [0.15, 0.2) is 21.3 Å². The van der Waals surface area contributed by atoms with Gasteiger partial charge in [0.05, 0.1) is 31.1 Å². The second-order valence-electron chi connectivity index (χ2n) is 10.6. The highest BCUT2D eigenvalue weighted by Crippen LogP contribution is 2.43. The Morgan fingerprint density at radius 1 is 0.978 bits per heavy atom. The van der Waals surface area contributed by atoms with Crippen LogP contribution in [-0.2, 0) is 24.2 Å². The van der Waals surface area contributed by atoms with Crippen molar-refractivity contribution < 1.29 is 42.2 Å². The van der Waals surface area contributed by atoms with E-state index < -0.39 is 51.5 Å². The van der Waals surface area contributed by atoms with Gasteiger partial charge in [0.25, 0.3) is 0 Å². The van der Waals surface area contributed by atoms with E-state index >= 15 is 0 Å². The highest BCUT2D eigenvalue weighted by atomic mass is 32.2. The SMILES string of the molecule is COc1ccc([C@@H](Nc2cccc(C(N)=O)c2)C(=O)N2CCC(C(=O)O)[C@@H]2c2cc(NC(C)=O)ccc2S(C)(=O)=O)cc1OC. The van der Waals surface area contributed by atoms with E-state index in [9.17, 15) is 32.7 Å². The fourth-order valence-electron chi connectivity index (χ4n) is 5.50. The molecular weight excluding hydrogens is 604 g/mol. The number of carbonyl (C=O) groups is 4. The lowest BCUT2D eigenvalue weighted by Gasteiger charge is -2.33. The summed E-state index contributed by atoms with van der Waals surface area (Å²) in [6.07, 6.45) is 1.02. The van der Waals surface area contributed by atoms with Gasteiger partial charge < -0.3 is 35.8 Å². The Hall–Kier alpha value is -5.11. The third-order valence-corrected chi connectivity index (χ3v) is 8.66. The van der Waals surface area contributed by atoms with E-state index in [0.29, 0.717) is 22.7 Å². The van der Waals surface area contributed by atoms with Gasteiger partial charge in [-0.2, -0.15) is 0 Å². The van der Waals surface area contributed by atoms with Crippen molar-refractivity contribution in [3.05, 3.63) is 77.4 Å². The monoisotopic (exact) mass is 638 g/mol. The van der Waals surface area contributed by atoms with Crippen LogP contribution in [0.4, 0.5) is 11.4 Å². The van der Waals surface area contributed by atoms with E-state index in [1.165, 1.54) is 56.4 Å². The fourth-order valence-corrected chi connectivity index (χ4v) is 6.42. The van der Waals surface area contributed by atoms with Gasteiger partial charge in [-0.25, -0.2) is 8.42 Å². The van der Waals surface area contributed by atoms with E-state index in [1.807, 2.05) is 0 Å². The summed E-state index contributed by atoms with van der Waals surface area (Å²) in [5.74, 6) is -3.33. The van der Waals surface area contributed by atoms with Gasteiger partial charge in [0, 0.05) is 36.7 Å². The van der Waals surface area contributed by atoms with Gasteiger partial charge in [0.2, 0.25) is 17.7 Å². The second-order valence-corrected chi connectivity index (χ2v) is 12.5. The molecule has 238 valence electrons. The Morgan fingerprint density at radius 3 is 2.29 bits per heavy atom. The number of aliphatic carboxylic acids is 1. The number of ether oxygens (including phenoxy) is 2. The smallest absolute Gasteiger partial charge is 0.309 e. The summed E-state index contributed by atoms with van der Waals surface area (Å²) in [6, 6.07) is 12.7. The number of benzene rings is 3. The molecule has 3 aromatic carbocycles. The molecule has 1 aliphatic heterocycles. The van der Waals surface area contributed by atoms with Crippen LogP contribution in [0.3, 0.4) is 0 Å². The maximum Gasteiger partial charge on any atom is 0.309 e. The summed E-state index contributed by atoms with van der Waals surface area (Å²) < 4.78 is 36.6. The van der Waals surface area contributed by atoms with Gasteiger partial charge in [0.1, 0.15) is 6.04 Å². The molecule has 1 unspecified atom stereocenters. The van der Waals surface area contributed by atoms with E-state index in [0.717, 1.165) is 6.26 Å². The summed E-state index contributed by atoms with van der Waals surface area (Å²) in [5.41, 5.74) is 6.74. The number of primary amides is 1. The summed E-state index contributed by atoms with van der Waals surface area (Å²) in [5, 5.41) is 15.9. The number of sulfone groups is 1. The molecule has 1 heterocycles. The normalized spacial score (nSPS) is 16.8. The number of carboxylic acid groups (broad SMARTS) is 1. The van der Waals surface area contributed by atoms with Crippen molar-refractivity contribution >= 4 is 44.9 Å². The highest BCUT2D eigenvalue weighted by Gasteiger charge is 2.46. The van der Waals surface area contributed by atoms with Gasteiger partial charge in [-0.15, -0.1) is 0 Å². The number of amides is 3. The standard InChI is InChI=1S/C31H34N4O9S/c1-17(36)33-21-9-11-26(45(4,41)42)23(16-21)28-22(31(39)40)12-13-35(28)30(38)27(18-8-10-24(43-2)25(15-18)44-3)34-20-7-5-6-19(14-20)29(32)37/h5-11,14-16,22,27-28,34H,12-13H2,1-4H3,(H2,32,37)(H,33,36)(H,39,40)/t22?,27-,28-/m1/s1. The minimum absolute atomic E-state index is 0.0131. The van der Waals surface area contributed by atoms with Crippen LogP contribution in [0.25, 0.3) is 0 Å². The predicted octanol–water partition coefficient (Wildman–Crippen LogP) is 2.99. The number of hydrogen-bond acceptors (Lipinski definition) is 9. The lowest BCUT2D eigenvalue weighted by molar-refractivity contribution is -0.143. The summed E-state index contributed by atoms with van der Waals surface area (Å²) in [7, 11) is -1.00. The van der Waals surface area contributed by atoms with Crippen molar-refractivity contribution in [2.45, 2.75) is 30.3 Å². The van der Waals surface area contributed by atoms with E-state index in [4.69, 9.17) is 15.2 Å². The van der Waals surface area contributed by atoms with Crippen LogP contribution in [0.5, 0.6) is 11.5 Å². The van der Waals surface area contributed by atoms with Crippen molar-refractivity contribution in [1.29, 1.82) is 0 Å². The van der Waals surface area contributed by atoms with Crippen LogP contribution >= 0.6 is 0 Å². The van der Waals surface area contributed by atoms with Crippen LogP contribution in [0, 0.1) is 5.92 Å². The highest BCUT2D eigenvalue weighted by molar-refractivity contribution is 7.90. The molecule has 0 bridgehead atoms. The number of methoxy groups -OCH3 is 2. The molecule has 1 fully saturated rings. The van der Waals surface area contributed by atoms with Crippen molar-refractivity contribution in [3.8, 4) is 11.5 Å². The zero-order valence-electron chi connectivity index (χ0n) is 25.1. The number of hydrogen-bond donors (Lipinski definition) is 4. The Kier molecular flexibility index (Phi) is 9.66. The fraction of sp³-hybridized carbons (Fsp3) is 0.290. The summed E-state index contributed by atoms with van der Waals surface area (Å²) in [4.78, 5) is 51.9. The number of carbonyl (C=O) groups excluding carboxylic acids is 3. The average Bonchev–Trinajstić information content (AvgIpc) is 3.44. The van der Waals surface area contributed by atoms with Gasteiger partial charge in [-0.3, -0.25) is 19.2 Å². The maximum absolute atomic E-state index is 14.6. The first-order valence-corrected chi connectivity index (χ1v) is 15.7. The molecule has 3 amide bonds. The molecule has 0 aromatic heterocycles. The number of anilines is 2. The maximum atomic E-state index is 14.6. The quantitative estimate of drug-likeness (QED) is 0.242. The number of nitrogens with one attached hydrogen (secondary N) is 2. The van der Waals surface area contributed by atoms with Crippen molar-refractivity contribution in [3.63, 3.8) is 0 Å². The number of rotatable bonds is 11. The molecule has 0 saturated carbocycles. The van der Waals surface area contributed by atoms with Crippen molar-refractivity contribution in [2.75, 3.05) is 37.7 Å². The molecule has 5 N–H and O–H groups in total. The van der Waals surface area contributed by atoms with E-state index in [2.05, 4.69) is 10.6 Å². The molecule has 3 atom stereocenters. The van der Waals surface area contributed by atoms with Crippen LogP contribution in [0.1, 0.15) is 46.9 Å². The Bertz CT molecular complexity index is 1760. The van der Waals surface area contributed by atoms with E-state index in [1.54, 1.807) is 30.3 Å². The van der Waals surface area contributed by atoms with Gasteiger partial charge >= 0.3 is 5.97 Å². The molecule has 45 heavy (non-hydrogen) atoms. The first-order chi connectivity index (χ1) is 21.2. The molecule has 0 spiro atoms. The first-order valence-electron chi connectivity index (χ1n) is 13.8. The van der Waals surface area contributed by atoms with Crippen LogP contribution in [-0.4, -0.2) is 69.1 Å². The number of likely N-dealkylation sites (tertiary alicyclic amines) is 1. The molecular formula is C31H34N4O9S. The summed E-state index contributed by atoms with van der Waals surface area (Å²) in [6.45, 7) is 1.27. The molecule has 14 heteroatoms. The van der Waals surface area contributed by atoms with Gasteiger partial charge in [-0.1, -0.05) is 12.1 Å². The van der Waals surface area contributed by atoms with Crippen LogP contribution in [0.2, 0.25) is 0 Å².